The number of hydrogen-bond acceptors (Lipinski definition) is 4. The van der Waals surface area contributed by atoms with E-state index >= 15 is 0 Å². The van der Waals surface area contributed by atoms with E-state index in [2.05, 4.69) is 17.0 Å². The van der Waals surface area contributed by atoms with Crippen LogP contribution in [0, 0.1) is 0 Å². The summed E-state index contributed by atoms with van der Waals surface area (Å²) < 4.78 is 13.3. The van der Waals surface area contributed by atoms with Crippen LogP contribution in [0.4, 0.5) is 0 Å². The Bertz CT molecular complexity index is 621. The molecule has 0 aliphatic carbocycles. The Hall–Kier alpha value is -1.14. The van der Waals surface area contributed by atoms with E-state index in [4.69, 9.17) is 32.7 Å². The first kappa shape index (κ1) is 15.7. The Morgan fingerprint density at radius 3 is 3.00 bits per heavy atom. The molecule has 3 atom stereocenters. The second kappa shape index (κ2) is 6.96. The first-order chi connectivity index (χ1) is 10.6. The zero-order chi connectivity index (χ0) is 15.5. The van der Waals surface area contributed by atoms with Gasteiger partial charge in [0.15, 0.2) is 6.29 Å². The van der Waals surface area contributed by atoms with E-state index in [1.165, 1.54) is 6.33 Å². The lowest BCUT2D eigenvalue weighted by molar-refractivity contribution is -0.0708. The predicted molar refractivity (Wildman–Crippen MR) is 84.1 cm³/mol. The number of benzene rings is 1. The summed E-state index contributed by atoms with van der Waals surface area (Å²) >= 11 is 12.2. The van der Waals surface area contributed by atoms with Gasteiger partial charge in [0.25, 0.3) is 0 Å². The first-order valence-electron chi connectivity index (χ1n) is 7.16. The van der Waals surface area contributed by atoms with Crippen LogP contribution in [0.25, 0.3) is 0 Å². The van der Waals surface area contributed by atoms with Gasteiger partial charge in [-0.1, -0.05) is 36.2 Å². The SMILES string of the molecule is CC(CC1COC(Cn2cncn2)O1)c1ccc(Cl)cc1Cl. The summed E-state index contributed by atoms with van der Waals surface area (Å²) in [7, 11) is 0. The number of ether oxygens (including phenoxy) is 2. The Morgan fingerprint density at radius 2 is 2.27 bits per heavy atom. The minimum Gasteiger partial charge on any atom is -0.348 e. The quantitative estimate of drug-likeness (QED) is 0.834. The molecule has 0 saturated carbocycles. The highest BCUT2D eigenvalue weighted by Gasteiger charge is 2.28. The van der Waals surface area contributed by atoms with Crippen LogP contribution in [-0.4, -0.2) is 33.8 Å². The Morgan fingerprint density at radius 1 is 1.41 bits per heavy atom. The molecule has 3 unspecified atom stereocenters. The molecule has 0 amide bonds. The van der Waals surface area contributed by atoms with E-state index in [1.807, 2.05) is 12.1 Å². The molecule has 2 aromatic rings. The van der Waals surface area contributed by atoms with Crippen LogP contribution in [-0.2, 0) is 16.0 Å². The molecule has 118 valence electrons. The highest BCUT2D eigenvalue weighted by molar-refractivity contribution is 6.35. The fourth-order valence-corrected chi connectivity index (χ4v) is 3.22. The van der Waals surface area contributed by atoms with Crippen molar-refractivity contribution in [3.05, 3.63) is 46.5 Å². The normalized spacial score (nSPS) is 22.9. The topological polar surface area (TPSA) is 49.2 Å². The van der Waals surface area contributed by atoms with Gasteiger partial charge < -0.3 is 9.47 Å². The summed E-state index contributed by atoms with van der Waals surface area (Å²) in [6, 6.07) is 5.60. The molecule has 1 aromatic carbocycles. The van der Waals surface area contributed by atoms with Gasteiger partial charge in [-0.3, -0.25) is 0 Å². The third-order valence-corrected chi connectivity index (χ3v) is 4.29. The van der Waals surface area contributed by atoms with Crippen LogP contribution in [0.1, 0.15) is 24.8 Å². The summed E-state index contributed by atoms with van der Waals surface area (Å²) in [5.74, 6) is 0.267. The molecule has 0 spiro atoms. The maximum Gasteiger partial charge on any atom is 0.177 e. The van der Waals surface area contributed by atoms with Crippen molar-refractivity contribution in [2.24, 2.45) is 0 Å². The second-order valence-electron chi connectivity index (χ2n) is 5.44. The number of rotatable bonds is 5. The maximum atomic E-state index is 6.26. The van der Waals surface area contributed by atoms with Crippen molar-refractivity contribution in [2.75, 3.05) is 6.61 Å². The van der Waals surface area contributed by atoms with Crippen molar-refractivity contribution >= 4 is 23.2 Å². The van der Waals surface area contributed by atoms with Crippen molar-refractivity contribution in [3.8, 4) is 0 Å². The number of aromatic nitrogens is 3. The summed E-state index contributed by atoms with van der Waals surface area (Å²) in [5, 5.41) is 5.39. The molecule has 1 aliphatic heterocycles. The molecule has 5 nitrogen and oxygen atoms in total. The number of hydrogen-bond donors (Lipinski definition) is 0. The van der Waals surface area contributed by atoms with Crippen LogP contribution in [0.5, 0.6) is 0 Å². The van der Waals surface area contributed by atoms with Crippen LogP contribution in [0.15, 0.2) is 30.9 Å². The van der Waals surface area contributed by atoms with Crippen LogP contribution >= 0.6 is 23.2 Å². The Kier molecular flexibility index (Phi) is 4.98. The van der Waals surface area contributed by atoms with E-state index in [-0.39, 0.29) is 18.3 Å². The van der Waals surface area contributed by atoms with E-state index in [1.54, 1.807) is 17.1 Å². The van der Waals surface area contributed by atoms with E-state index < -0.39 is 0 Å². The molecule has 22 heavy (non-hydrogen) atoms. The summed E-state index contributed by atoms with van der Waals surface area (Å²) in [6.07, 6.45) is 3.76. The lowest BCUT2D eigenvalue weighted by atomic mass is 9.95. The molecule has 0 radical (unpaired) electrons. The Balaban J connectivity index is 1.55. The molecule has 0 N–H and O–H groups in total. The molecule has 1 aromatic heterocycles. The van der Waals surface area contributed by atoms with Gasteiger partial charge in [-0.25, -0.2) is 9.67 Å². The maximum absolute atomic E-state index is 6.26. The highest BCUT2D eigenvalue weighted by Crippen LogP contribution is 2.32. The fraction of sp³-hybridized carbons (Fsp3) is 0.467. The van der Waals surface area contributed by atoms with Crippen LogP contribution in [0.3, 0.4) is 0 Å². The van der Waals surface area contributed by atoms with E-state index in [0.717, 1.165) is 12.0 Å². The largest absolute Gasteiger partial charge is 0.348 e. The van der Waals surface area contributed by atoms with Gasteiger partial charge in [0.1, 0.15) is 12.7 Å². The van der Waals surface area contributed by atoms with Crippen LogP contribution in [0.2, 0.25) is 10.0 Å². The van der Waals surface area contributed by atoms with Gasteiger partial charge in [-0.15, -0.1) is 0 Å². The van der Waals surface area contributed by atoms with E-state index in [0.29, 0.717) is 23.2 Å². The molecule has 0 bridgehead atoms. The van der Waals surface area contributed by atoms with Crippen molar-refractivity contribution < 1.29 is 9.47 Å². The molecule has 1 fully saturated rings. The van der Waals surface area contributed by atoms with Crippen LogP contribution < -0.4 is 0 Å². The minimum absolute atomic E-state index is 0.0512. The van der Waals surface area contributed by atoms with Crippen molar-refractivity contribution in [1.29, 1.82) is 0 Å². The average Bonchev–Trinajstić information content (AvgIpc) is 3.11. The van der Waals surface area contributed by atoms with Gasteiger partial charge in [0.2, 0.25) is 0 Å². The van der Waals surface area contributed by atoms with Gasteiger partial charge in [-0.2, -0.15) is 5.10 Å². The lowest BCUT2D eigenvalue weighted by Crippen LogP contribution is -2.19. The number of nitrogens with zero attached hydrogens (tertiary/aromatic N) is 3. The van der Waals surface area contributed by atoms with Crippen molar-refractivity contribution in [2.45, 2.75) is 38.2 Å². The van der Waals surface area contributed by atoms with Gasteiger partial charge >= 0.3 is 0 Å². The number of halogens is 2. The van der Waals surface area contributed by atoms with Gasteiger partial charge in [-0.05, 0) is 30.0 Å². The summed E-state index contributed by atoms with van der Waals surface area (Å²) in [5.41, 5.74) is 1.08. The summed E-state index contributed by atoms with van der Waals surface area (Å²) in [6.45, 7) is 3.25. The van der Waals surface area contributed by atoms with E-state index in [9.17, 15) is 0 Å². The molecule has 1 aliphatic rings. The molecule has 1 saturated heterocycles. The first-order valence-corrected chi connectivity index (χ1v) is 7.92. The zero-order valence-electron chi connectivity index (χ0n) is 12.2. The van der Waals surface area contributed by atoms with Gasteiger partial charge in [0, 0.05) is 10.0 Å². The molecule has 2 heterocycles. The Labute approximate surface area is 139 Å². The summed E-state index contributed by atoms with van der Waals surface area (Å²) in [4.78, 5) is 3.90. The predicted octanol–water partition coefficient (Wildman–Crippen LogP) is 3.52. The third kappa shape index (κ3) is 3.79. The zero-order valence-corrected chi connectivity index (χ0v) is 13.7. The fourth-order valence-electron chi connectivity index (χ4n) is 2.63. The standard InChI is InChI=1S/C15H17Cl2N3O2/c1-10(13-3-2-11(16)5-14(13)17)4-12-7-21-15(22-12)6-20-9-18-8-19-20/h2-3,5,8-10,12,15H,4,6-7H2,1H3. The highest BCUT2D eigenvalue weighted by atomic mass is 35.5. The lowest BCUT2D eigenvalue weighted by Gasteiger charge is -2.17. The monoisotopic (exact) mass is 341 g/mol. The molecular weight excluding hydrogens is 325 g/mol. The molecular formula is C15H17Cl2N3O2. The smallest absolute Gasteiger partial charge is 0.177 e. The van der Waals surface area contributed by atoms with Crippen molar-refractivity contribution in [3.63, 3.8) is 0 Å². The van der Waals surface area contributed by atoms with Gasteiger partial charge in [0.05, 0.1) is 19.3 Å². The second-order valence-corrected chi connectivity index (χ2v) is 6.28. The average molecular weight is 342 g/mol. The molecule has 3 rings (SSSR count). The molecule has 7 heteroatoms. The third-order valence-electron chi connectivity index (χ3n) is 3.72. The van der Waals surface area contributed by atoms with Crippen molar-refractivity contribution in [1.82, 2.24) is 14.8 Å². The minimum atomic E-state index is -0.278.